The predicted molar refractivity (Wildman–Crippen MR) is 96.0 cm³/mol. The summed E-state index contributed by atoms with van der Waals surface area (Å²) in [7, 11) is -3.10. The van der Waals surface area contributed by atoms with Crippen molar-refractivity contribution in [2.24, 2.45) is 0 Å². The van der Waals surface area contributed by atoms with Crippen LogP contribution < -0.4 is 0 Å². The van der Waals surface area contributed by atoms with E-state index in [4.69, 9.17) is 0 Å². The van der Waals surface area contributed by atoms with E-state index in [9.17, 15) is 13.2 Å². The molecule has 0 N–H and O–H groups in total. The van der Waals surface area contributed by atoms with Crippen LogP contribution in [0.25, 0.3) is 0 Å². The Morgan fingerprint density at radius 2 is 1.84 bits per heavy atom. The molecule has 0 unspecified atom stereocenters. The molecule has 2 aliphatic heterocycles. The van der Waals surface area contributed by atoms with Crippen LogP contribution in [0, 0.1) is 13.8 Å². The van der Waals surface area contributed by atoms with Crippen LogP contribution in [0.4, 0.5) is 0 Å². The van der Waals surface area contributed by atoms with Gasteiger partial charge in [-0.2, -0.15) is 5.10 Å². The molecule has 2 aliphatic rings. The first-order chi connectivity index (χ1) is 11.8. The van der Waals surface area contributed by atoms with Gasteiger partial charge >= 0.3 is 0 Å². The third-order valence-corrected chi connectivity index (χ3v) is 7.30. The van der Waals surface area contributed by atoms with Gasteiger partial charge in [0, 0.05) is 49.9 Å². The molecule has 2 saturated heterocycles. The van der Waals surface area contributed by atoms with Gasteiger partial charge in [-0.25, -0.2) is 8.42 Å². The van der Waals surface area contributed by atoms with Crippen LogP contribution in [-0.2, 0) is 27.7 Å². The molecule has 7 nitrogen and oxygen atoms in total. The second-order valence-corrected chi connectivity index (χ2v) is 9.24. The van der Waals surface area contributed by atoms with Crippen molar-refractivity contribution < 1.29 is 13.2 Å². The SMILES string of the molecule is CCC(=O)N1CCN(Cc2c(C)nn(CC)c2C)[C@H]2CS(=O)(=O)C[C@H]21. The summed E-state index contributed by atoms with van der Waals surface area (Å²) in [6, 6.07) is -0.328. The van der Waals surface area contributed by atoms with Gasteiger partial charge in [-0.15, -0.1) is 0 Å². The number of aryl methyl sites for hydroxylation is 2. The molecule has 0 bridgehead atoms. The maximum absolute atomic E-state index is 12.3. The Hall–Kier alpha value is -1.41. The third-order valence-electron chi connectivity index (χ3n) is 5.61. The van der Waals surface area contributed by atoms with Gasteiger partial charge in [0.25, 0.3) is 0 Å². The van der Waals surface area contributed by atoms with E-state index in [-0.39, 0.29) is 29.5 Å². The summed E-state index contributed by atoms with van der Waals surface area (Å²) in [5, 5.41) is 4.57. The molecule has 140 valence electrons. The van der Waals surface area contributed by atoms with E-state index in [1.165, 1.54) is 5.56 Å². The number of piperazine rings is 1. The van der Waals surface area contributed by atoms with Crippen LogP contribution in [0.3, 0.4) is 0 Å². The number of carbonyl (C=O) groups is 1. The minimum Gasteiger partial charge on any atom is -0.336 e. The second-order valence-electron chi connectivity index (χ2n) is 7.09. The van der Waals surface area contributed by atoms with Gasteiger partial charge < -0.3 is 4.90 Å². The van der Waals surface area contributed by atoms with Gasteiger partial charge in [0.2, 0.25) is 5.91 Å². The van der Waals surface area contributed by atoms with Gasteiger partial charge in [-0.05, 0) is 20.8 Å². The van der Waals surface area contributed by atoms with E-state index in [1.807, 2.05) is 18.5 Å². The standard InChI is InChI=1S/C17H28N4O3S/c1-5-17(22)20-8-7-19(15-10-25(23,24)11-16(15)20)9-14-12(3)18-21(6-2)13(14)4/h15-16H,5-11H2,1-4H3/t15-,16+/m0/s1. The summed E-state index contributed by atoms with van der Waals surface area (Å²) in [6.45, 7) is 10.8. The third kappa shape index (κ3) is 3.33. The Balaban J connectivity index is 1.87. The maximum Gasteiger partial charge on any atom is 0.222 e. The molecule has 1 aromatic heterocycles. The summed E-state index contributed by atoms with van der Waals surface area (Å²) in [5.74, 6) is 0.287. The largest absolute Gasteiger partial charge is 0.336 e. The number of rotatable bonds is 4. The van der Waals surface area contributed by atoms with Crippen LogP contribution in [0.15, 0.2) is 0 Å². The second kappa shape index (κ2) is 6.72. The van der Waals surface area contributed by atoms with Crippen LogP contribution in [0.2, 0.25) is 0 Å². The van der Waals surface area contributed by atoms with Crippen molar-refractivity contribution in [3.63, 3.8) is 0 Å². The zero-order valence-corrected chi connectivity index (χ0v) is 16.3. The van der Waals surface area contributed by atoms with E-state index >= 15 is 0 Å². The first-order valence-electron chi connectivity index (χ1n) is 9.04. The van der Waals surface area contributed by atoms with Crippen molar-refractivity contribution in [2.45, 2.75) is 59.3 Å². The topological polar surface area (TPSA) is 75.5 Å². The van der Waals surface area contributed by atoms with E-state index in [0.29, 0.717) is 26.1 Å². The minimum atomic E-state index is -3.10. The molecule has 3 rings (SSSR count). The number of fused-ring (bicyclic) bond motifs is 1. The molecule has 0 spiro atoms. The molecule has 2 fully saturated rings. The number of sulfone groups is 1. The number of hydrogen-bond donors (Lipinski definition) is 0. The molecule has 0 aliphatic carbocycles. The van der Waals surface area contributed by atoms with Crippen molar-refractivity contribution in [1.29, 1.82) is 0 Å². The molecule has 0 aromatic carbocycles. The highest BCUT2D eigenvalue weighted by Gasteiger charge is 2.47. The van der Waals surface area contributed by atoms with E-state index in [0.717, 1.165) is 17.9 Å². The van der Waals surface area contributed by atoms with Gasteiger partial charge in [-0.1, -0.05) is 6.92 Å². The molecule has 25 heavy (non-hydrogen) atoms. The predicted octanol–water partition coefficient (Wildman–Crippen LogP) is 0.740. The van der Waals surface area contributed by atoms with Gasteiger partial charge in [0.05, 0.1) is 23.2 Å². The monoisotopic (exact) mass is 368 g/mol. The first-order valence-corrected chi connectivity index (χ1v) is 10.9. The van der Waals surface area contributed by atoms with Crippen LogP contribution in [0.1, 0.15) is 37.2 Å². The summed E-state index contributed by atoms with van der Waals surface area (Å²) < 4.78 is 26.5. The minimum absolute atomic E-state index is 0.0536. The average molecular weight is 369 g/mol. The molecule has 0 saturated carbocycles. The van der Waals surface area contributed by atoms with Crippen molar-refractivity contribution in [3.8, 4) is 0 Å². The number of hydrogen-bond acceptors (Lipinski definition) is 5. The lowest BCUT2D eigenvalue weighted by Gasteiger charge is -2.44. The Kier molecular flexibility index (Phi) is 4.94. The van der Waals surface area contributed by atoms with Crippen molar-refractivity contribution in [3.05, 3.63) is 17.0 Å². The van der Waals surface area contributed by atoms with Crippen molar-refractivity contribution in [2.75, 3.05) is 24.6 Å². The summed E-state index contributed by atoms with van der Waals surface area (Å²) in [5.41, 5.74) is 3.33. The van der Waals surface area contributed by atoms with Gasteiger partial charge in [-0.3, -0.25) is 14.4 Å². The Morgan fingerprint density at radius 3 is 2.44 bits per heavy atom. The highest BCUT2D eigenvalue weighted by atomic mass is 32.2. The molecule has 0 radical (unpaired) electrons. The van der Waals surface area contributed by atoms with Crippen molar-refractivity contribution >= 4 is 15.7 Å². The lowest BCUT2D eigenvalue weighted by atomic mass is 10.0. The Morgan fingerprint density at radius 1 is 1.16 bits per heavy atom. The zero-order chi connectivity index (χ0) is 18.4. The first kappa shape index (κ1) is 18.4. The summed E-state index contributed by atoms with van der Waals surface area (Å²) in [6.07, 6.45) is 0.421. The van der Waals surface area contributed by atoms with Gasteiger partial charge in [0.15, 0.2) is 9.84 Å². The molecule has 1 amide bonds. The average Bonchev–Trinajstić information content (AvgIpc) is 3.03. The quantitative estimate of drug-likeness (QED) is 0.784. The fourth-order valence-corrected chi connectivity index (χ4v) is 6.22. The number of aromatic nitrogens is 2. The highest BCUT2D eigenvalue weighted by Crippen LogP contribution is 2.29. The molecular weight excluding hydrogens is 340 g/mol. The van der Waals surface area contributed by atoms with Crippen molar-refractivity contribution in [1.82, 2.24) is 19.6 Å². The normalized spacial score (nSPS) is 26.0. The smallest absolute Gasteiger partial charge is 0.222 e. The van der Waals surface area contributed by atoms with E-state index in [2.05, 4.69) is 23.8 Å². The van der Waals surface area contributed by atoms with Gasteiger partial charge in [0.1, 0.15) is 0 Å². The lowest BCUT2D eigenvalue weighted by molar-refractivity contribution is -0.136. The number of amides is 1. The Bertz CT molecular complexity index is 771. The van der Waals surface area contributed by atoms with Crippen LogP contribution in [0.5, 0.6) is 0 Å². The summed E-state index contributed by atoms with van der Waals surface area (Å²) >= 11 is 0. The highest BCUT2D eigenvalue weighted by molar-refractivity contribution is 7.91. The fourth-order valence-electron chi connectivity index (χ4n) is 4.21. The fraction of sp³-hybridized carbons (Fsp3) is 0.765. The summed E-state index contributed by atoms with van der Waals surface area (Å²) in [4.78, 5) is 16.3. The van der Waals surface area contributed by atoms with E-state index in [1.54, 1.807) is 4.90 Å². The lowest BCUT2D eigenvalue weighted by Crippen LogP contribution is -2.60. The molecule has 1 aromatic rings. The van der Waals surface area contributed by atoms with E-state index < -0.39 is 9.84 Å². The molecule has 3 heterocycles. The number of carbonyl (C=O) groups excluding carboxylic acids is 1. The molecule has 2 atom stereocenters. The Labute approximate surface area is 149 Å². The molecular formula is C17H28N4O3S. The zero-order valence-electron chi connectivity index (χ0n) is 15.5. The number of nitrogens with zero attached hydrogens (tertiary/aromatic N) is 4. The maximum atomic E-state index is 12.3. The van der Waals surface area contributed by atoms with Crippen LogP contribution >= 0.6 is 0 Å². The molecule has 8 heteroatoms. The van der Waals surface area contributed by atoms with Crippen LogP contribution in [-0.4, -0.2) is 70.6 Å².